The summed E-state index contributed by atoms with van der Waals surface area (Å²) in [5, 5.41) is 27.1. The van der Waals surface area contributed by atoms with E-state index in [0.29, 0.717) is 0 Å². The molecule has 0 aliphatic heterocycles. The Bertz CT molecular complexity index is 326. The quantitative estimate of drug-likeness (QED) is 0.452. The van der Waals surface area contributed by atoms with Gasteiger partial charge in [0.05, 0.1) is 0 Å². The van der Waals surface area contributed by atoms with E-state index >= 15 is 0 Å². The molecule has 5 N–H and O–H groups in total. The van der Waals surface area contributed by atoms with Crippen molar-refractivity contribution in [2.45, 2.75) is 0 Å². The molecule has 6 heteroatoms. The van der Waals surface area contributed by atoms with Crippen LogP contribution in [0.2, 0.25) is 0 Å². The number of phenolic OH excluding ortho intramolecular Hbond substituents is 3. The fraction of sp³-hybridized carbons (Fsp3) is 0. The first kappa shape index (κ1) is 9.14. The Kier molecular flexibility index (Phi) is 2.25. The number of carbonyl (C=O) groups excluding carboxylic acids is 1. The molecule has 1 aromatic rings. The fourth-order valence-electron chi connectivity index (χ4n) is 0.865. The van der Waals surface area contributed by atoms with Crippen LogP contribution in [-0.4, -0.2) is 21.3 Å². The molecule has 13 heavy (non-hydrogen) atoms. The second-order valence-corrected chi connectivity index (χ2v) is 2.26. The van der Waals surface area contributed by atoms with Crippen molar-refractivity contribution in [1.82, 2.24) is 0 Å². The fourth-order valence-corrected chi connectivity index (χ4v) is 0.865. The standard InChI is InChI=1S/C7H7NO5/c8-13-7(12)6-4(10)1-3(9)2-5(6)11/h1-2,9-11H,8H2. The van der Waals surface area contributed by atoms with Crippen molar-refractivity contribution in [3.8, 4) is 17.2 Å². The van der Waals surface area contributed by atoms with Gasteiger partial charge in [0.2, 0.25) is 0 Å². The summed E-state index contributed by atoms with van der Waals surface area (Å²) in [5.41, 5.74) is -0.486. The van der Waals surface area contributed by atoms with Crippen molar-refractivity contribution in [2.24, 2.45) is 5.90 Å². The van der Waals surface area contributed by atoms with Crippen LogP contribution in [0.25, 0.3) is 0 Å². The minimum absolute atomic E-state index is 0.372. The first-order chi connectivity index (χ1) is 6.06. The van der Waals surface area contributed by atoms with Crippen molar-refractivity contribution in [1.29, 1.82) is 0 Å². The Morgan fingerprint density at radius 2 is 1.69 bits per heavy atom. The zero-order chi connectivity index (χ0) is 10.0. The van der Waals surface area contributed by atoms with E-state index in [9.17, 15) is 4.79 Å². The Balaban J connectivity index is 3.28. The minimum atomic E-state index is -1.09. The highest BCUT2D eigenvalue weighted by Gasteiger charge is 2.18. The van der Waals surface area contributed by atoms with Gasteiger partial charge in [0, 0.05) is 12.1 Å². The third-order valence-electron chi connectivity index (χ3n) is 1.39. The van der Waals surface area contributed by atoms with Crippen molar-refractivity contribution >= 4 is 5.97 Å². The van der Waals surface area contributed by atoms with Gasteiger partial charge in [0.1, 0.15) is 22.8 Å². The van der Waals surface area contributed by atoms with Gasteiger partial charge in [0.15, 0.2) is 0 Å². The molecular formula is C7H7NO5. The van der Waals surface area contributed by atoms with Gasteiger partial charge in [-0.2, -0.15) is 5.90 Å². The van der Waals surface area contributed by atoms with Gasteiger partial charge in [-0.05, 0) is 0 Å². The predicted molar refractivity (Wildman–Crippen MR) is 41.0 cm³/mol. The largest absolute Gasteiger partial charge is 0.508 e. The van der Waals surface area contributed by atoms with Crippen LogP contribution in [0.5, 0.6) is 17.2 Å². The number of carbonyl (C=O) groups is 1. The number of nitrogens with two attached hydrogens (primary N) is 1. The van der Waals surface area contributed by atoms with Gasteiger partial charge >= 0.3 is 5.97 Å². The highest BCUT2D eigenvalue weighted by atomic mass is 16.7. The second-order valence-electron chi connectivity index (χ2n) is 2.26. The zero-order valence-corrected chi connectivity index (χ0v) is 6.39. The number of hydrogen-bond donors (Lipinski definition) is 4. The van der Waals surface area contributed by atoms with Crippen LogP contribution >= 0.6 is 0 Å². The van der Waals surface area contributed by atoms with Gasteiger partial charge in [0.25, 0.3) is 0 Å². The maximum absolute atomic E-state index is 10.8. The van der Waals surface area contributed by atoms with E-state index in [-0.39, 0.29) is 5.75 Å². The van der Waals surface area contributed by atoms with Gasteiger partial charge < -0.3 is 20.2 Å². The van der Waals surface area contributed by atoms with E-state index in [0.717, 1.165) is 12.1 Å². The van der Waals surface area contributed by atoms with Crippen molar-refractivity contribution < 1.29 is 25.0 Å². The lowest BCUT2D eigenvalue weighted by molar-refractivity contribution is 0.0496. The molecular weight excluding hydrogens is 178 g/mol. The SMILES string of the molecule is NOC(=O)c1c(O)cc(O)cc1O. The molecule has 0 heterocycles. The molecule has 0 fully saturated rings. The molecule has 0 aliphatic carbocycles. The first-order valence-corrected chi connectivity index (χ1v) is 3.22. The molecule has 0 spiro atoms. The summed E-state index contributed by atoms with van der Waals surface area (Å²) in [5.74, 6) is 1.88. The molecule has 6 nitrogen and oxygen atoms in total. The summed E-state index contributed by atoms with van der Waals surface area (Å²) in [6.45, 7) is 0. The van der Waals surface area contributed by atoms with Crippen LogP contribution in [-0.2, 0) is 4.84 Å². The summed E-state index contributed by atoms with van der Waals surface area (Å²) in [4.78, 5) is 14.6. The average molecular weight is 185 g/mol. The Labute approximate surface area is 72.7 Å². The molecule has 0 atom stereocenters. The molecule has 0 saturated carbocycles. The van der Waals surface area contributed by atoms with Crippen molar-refractivity contribution in [2.75, 3.05) is 0 Å². The van der Waals surface area contributed by atoms with Crippen LogP contribution in [0.4, 0.5) is 0 Å². The molecule has 0 amide bonds. The summed E-state index contributed by atoms with van der Waals surface area (Å²) < 4.78 is 0. The summed E-state index contributed by atoms with van der Waals surface area (Å²) in [6.07, 6.45) is 0. The van der Waals surface area contributed by atoms with Gasteiger partial charge in [-0.3, -0.25) is 0 Å². The van der Waals surface area contributed by atoms with Gasteiger partial charge in [-0.1, -0.05) is 0 Å². The molecule has 1 rings (SSSR count). The Morgan fingerprint density at radius 1 is 1.23 bits per heavy atom. The van der Waals surface area contributed by atoms with E-state index in [2.05, 4.69) is 10.7 Å². The predicted octanol–water partition coefficient (Wildman–Crippen LogP) is -0.166. The Hall–Kier alpha value is -1.95. The summed E-state index contributed by atoms with van der Waals surface area (Å²) in [6, 6.07) is 1.76. The van der Waals surface area contributed by atoms with Crippen LogP contribution in [0.15, 0.2) is 12.1 Å². The van der Waals surface area contributed by atoms with E-state index in [1.165, 1.54) is 0 Å². The second kappa shape index (κ2) is 3.20. The first-order valence-electron chi connectivity index (χ1n) is 3.22. The van der Waals surface area contributed by atoms with Crippen LogP contribution in [0.1, 0.15) is 10.4 Å². The lowest BCUT2D eigenvalue weighted by Crippen LogP contribution is -2.10. The van der Waals surface area contributed by atoms with Crippen LogP contribution < -0.4 is 5.90 Å². The third kappa shape index (κ3) is 1.62. The number of rotatable bonds is 1. The summed E-state index contributed by atoms with van der Waals surface area (Å²) in [7, 11) is 0. The van der Waals surface area contributed by atoms with E-state index in [4.69, 9.17) is 15.3 Å². The lowest BCUT2D eigenvalue weighted by atomic mass is 10.1. The van der Waals surface area contributed by atoms with Gasteiger partial charge in [-0.25, -0.2) is 4.79 Å². The van der Waals surface area contributed by atoms with E-state index < -0.39 is 23.0 Å². The van der Waals surface area contributed by atoms with E-state index in [1.807, 2.05) is 0 Å². The number of phenols is 3. The molecule has 70 valence electrons. The maximum atomic E-state index is 10.8. The minimum Gasteiger partial charge on any atom is -0.508 e. The molecule has 0 aromatic heterocycles. The molecule has 0 bridgehead atoms. The van der Waals surface area contributed by atoms with E-state index in [1.54, 1.807) is 0 Å². The lowest BCUT2D eigenvalue weighted by Gasteiger charge is -2.04. The highest BCUT2D eigenvalue weighted by Crippen LogP contribution is 2.31. The average Bonchev–Trinajstić information content (AvgIpc) is 2.02. The van der Waals surface area contributed by atoms with Crippen molar-refractivity contribution in [3.63, 3.8) is 0 Å². The normalized spacial score (nSPS) is 9.62. The highest BCUT2D eigenvalue weighted by molar-refractivity contribution is 5.95. The third-order valence-corrected chi connectivity index (χ3v) is 1.39. The molecule has 1 aromatic carbocycles. The molecule has 0 saturated heterocycles. The Morgan fingerprint density at radius 3 is 2.08 bits per heavy atom. The molecule has 0 radical (unpaired) electrons. The number of benzene rings is 1. The van der Waals surface area contributed by atoms with Crippen LogP contribution in [0, 0.1) is 0 Å². The monoisotopic (exact) mass is 185 g/mol. The summed E-state index contributed by atoms with van der Waals surface area (Å²) >= 11 is 0. The number of hydrogen-bond acceptors (Lipinski definition) is 6. The topological polar surface area (TPSA) is 113 Å². The smallest absolute Gasteiger partial charge is 0.364 e. The molecule has 0 aliphatic rings. The maximum Gasteiger partial charge on any atom is 0.364 e. The number of aromatic hydroxyl groups is 3. The van der Waals surface area contributed by atoms with Gasteiger partial charge in [-0.15, -0.1) is 0 Å². The zero-order valence-electron chi connectivity index (χ0n) is 6.39. The van der Waals surface area contributed by atoms with Crippen LogP contribution in [0.3, 0.4) is 0 Å². The van der Waals surface area contributed by atoms with Crippen molar-refractivity contribution in [3.05, 3.63) is 17.7 Å². The molecule has 0 unspecified atom stereocenters.